The molecule has 5 nitrogen and oxygen atoms in total. The molecular weight excluding hydrogens is 190 g/mol. The van der Waals surface area contributed by atoms with E-state index < -0.39 is 0 Å². The number of rotatable bonds is 5. The van der Waals surface area contributed by atoms with E-state index in [1.807, 2.05) is 37.4 Å². The highest BCUT2D eigenvalue weighted by Crippen LogP contribution is 2.02. The first-order chi connectivity index (χ1) is 7.27. The lowest BCUT2D eigenvalue weighted by molar-refractivity contribution is 0.675. The molecule has 0 radical (unpaired) electrons. The maximum atomic E-state index is 5.73. The Hall–Kier alpha value is -1.59. The van der Waals surface area contributed by atoms with E-state index in [1.54, 1.807) is 0 Å². The Morgan fingerprint density at radius 1 is 1.40 bits per heavy atom. The minimum atomic E-state index is -0.0107. The van der Waals surface area contributed by atoms with E-state index in [-0.39, 0.29) is 6.04 Å². The minimum Gasteiger partial charge on any atom is -0.384 e. The van der Waals surface area contributed by atoms with E-state index in [1.165, 1.54) is 5.56 Å². The van der Waals surface area contributed by atoms with Gasteiger partial charge in [-0.2, -0.15) is 5.10 Å². The Bertz CT molecular complexity index is 309. The lowest BCUT2D eigenvalue weighted by atomic mass is 10.1. The van der Waals surface area contributed by atoms with Crippen molar-refractivity contribution in [1.29, 1.82) is 0 Å². The molecule has 0 fully saturated rings. The van der Waals surface area contributed by atoms with Gasteiger partial charge in [0.25, 0.3) is 0 Å². The Morgan fingerprint density at radius 3 is 2.60 bits per heavy atom. The van der Waals surface area contributed by atoms with E-state index in [0.717, 1.165) is 6.42 Å². The van der Waals surface area contributed by atoms with Crippen molar-refractivity contribution in [3.8, 4) is 0 Å². The monoisotopic (exact) mass is 207 g/mol. The summed E-state index contributed by atoms with van der Waals surface area (Å²) in [6.45, 7) is 0. The second kappa shape index (κ2) is 6.00. The number of amidine groups is 1. The van der Waals surface area contributed by atoms with Gasteiger partial charge in [-0.25, -0.2) is 11.4 Å². The number of nitrogens with zero attached hydrogens (tertiary/aromatic N) is 1. The number of benzene rings is 1. The molecule has 0 spiro atoms. The second-order valence-electron chi connectivity index (χ2n) is 3.20. The molecule has 0 amide bonds. The third-order valence-electron chi connectivity index (χ3n) is 2.18. The van der Waals surface area contributed by atoms with Crippen LogP contribution in [0.25, 0.3) is 0 Å². The first kappa shape index (κ1) is 11.5. The largest absolute Gasteiger partial charge is 0.384 e. The van der Waals surface area contributed by atoms with Gasteiger partial charge in [0.2, 0.25) is 0 Å². The first-order valence-electron chi connectivity index (χ1n) is 4.77. The molecule has 1 rings (SSSR count). The van der Waals surface area contributed by atoms with Crippen molar-refractivity contribution in [2.45, 2.75) is 12.5 Å². The summed E-state index contributed by atoms with van der Waals surface area (Å²) in [5.74, 6) is 5.52. The minimum absolute atomic E-state index is 0.0107. The van der Waals surface area contributed by atoms with Crippen molar-refractivity contribution in [1.82, 2.24) is 10.9 Å². The maximum Gasteiger partial charge on any atom is 0.138 e. The topological polar surface area (TPSA) is 88.5 Å². The molecule has 0 aliphatic rings. The van der Waals surface area contributed by atoms with Crippen LogP contribution in [0.3, 0.4) is 0 Å². The number of hydrogen-bond donors (Lipinski definition) is 4. The molecule has 0 heterocycles. The van der Waals surface area contributed by atoms with E-state index in [2.05, 4.69) is 16.0 Å². The van der Waals surface area contributed by atoms with E-state index in [0.29, 0.717) is 5.84 Å². The zero-order valence-electron chi connectivity index (χ0n) is 8.77. The van der Waals surface area contributed by atoms with Crippen LogP contribution in [0.5, 0.6) is 0 Å². The van der Waals surface area contributed by atoms with E-state index in [9.17, 15) is 0 Å². The summed E-state index contributed by atoms with van der Waals surface area (Å²) in [4.78, 5) is 0. The number of nitrogens with one attached hydrogen (secondary N) is 2. The summed E-state index contributed by atoms with van der Waals surface area (Å²) < 4.78 is 0. The highest BCUT2D eigenvalue weighted by Gasteiger charge is 2.11. The van der Waals surface area contributed by atoms with Crippen molar-refractivity contribution in [2.75, 3.05) is 7.05 Å². The van der Waals surface area contributed by atoms with Crippen molar-refractivity contribution < 1.29 is 0 Å². The van der Waals surface area contributed by atoms with Crippen LogP contribution in [-0.2, 0) is 6.42 Å². The van der Waals surface area contributed by atoms with E-state index >= 15 is 0 Å². The molecule has 5 heteroatoms. The molecule has 1 aromatic carbocycles. The van der Waals surface area contributed by atoms with Crippen molar-refractivity contribution in [3.05, 3.63) is 35.9 Å². The summed E-state index contributed by atoms with van der Waals surface area (Å²) in [6.07, 6.45) is 0.786. The fraction of sp³-hybridized carbons (Fsp3) is 0.300. The Balaban J connectivity index is 2.66. The Kier molecular flexibility index (Phi) is 4.59. The number of hydrogen-bond acceptors (Lipinski definition) is 4. The zero-order chi connectivity index (χ0) is 11.1. The van der Waals surface area contributed by atoms with Crippen LogP contribution < -0.4 is 22.4 Å². The maximum absolute atomic E-state index is 5.73. The first-order valence-corrected chi connectivity index (χ1v) is 4.77. The van der Waals surface area contributed by atoms with Gasteiger partial charge >= 0.3 is 0 Å². The number of nitrogens with two attached hydrogens (primary N) is 2. The van der Waals surface area contributed by atoms with Crippen LogP contribution in [0, 0.1) is 0 Å². The fourth-order valence-corrected chi connectivity index (χ4v) is 1.36. The van der Waals surface area contributed by atoms with Gasteiger partial charge in [-0.15, -0.1) is 0 Å². The van der Waals surface area contributed by atoms with Gasteiger partial charge in [-0.05, 0) is 19.0 Å². The Labute approximate surface area is 89.5 Å². The summed E-state index contributed by atoms with van der Waals surface area (Å²) in [5.41, 5.74) is 9.12. The van der Waals surface area contributed by atoms with Crippen LogP contribution in [0.2, 0.25) is 0 Å². The molecule has 0 aromatic heterocycles. The zero-order valence-corrected chi connectivity index (χ0v) is 8.77. The molecule has 82 valence electrons. The molecule has 0 bridgehead atoms. The predicted molar refractivity (Wildman–Crippen MR) is 61.9 cm³/mol. The van der Waals surface area contributed by atoms with Gasteiger partial charge in [0.1, 0.15) is 5.84 Å². The molecular formula is C10H17N5. The van der Waals surface area contributed by atoms with Crippen molar-refractivity contribution in [3.63, 3.8) is 0 Å². The van der Waals surface area contributed by atoms with Crippen molar-refractivity contribution >= 4 is 5.84 Å². The third kappa shape index (κ3) is 3.57. The number of likely N-dealkylation sites (N-methyl/N-ethyl adjacent to an activating group) is 1. The van der Waals surface area contributed by atoms with Crippen molar-refractivity contribution in [2.24, 2.45) is 16.7 Å². The molecule has 0 saturated carbocycles. The van der Waals surface area contributed by atoms with Gasteiger partial charge in [0.15, 0.2) is 0 Å². The SMILES string of the molecule is CNC(Cc1ccccc1)/C(N)=N/NN. The average molecular weight is 207 g/mol. The van der Waals surface area contributed by atoms with Crippen LogP contribution in [-0.4, -0.2) is 18.9 Å². The Morgan fingerprint density at radius 2 is 2.07 bits per heavy atom. The van der Waals surface area contributed by atoms with Gasteiger partial charge in [-0.1, -0.05) is 30.3 Å². The summed E-state index contributed by atoms with van der Waals surface area (Å²) in [5, 5.41) is 6.84. The van der Waals surface area contributed by atoms with Crippen LogP contribution in [0.4, 0.5) is 0 Å². The molecule has 0 aliphatic carbocycles. The molecule has 1 unspecified atom stereocenters. The standard InChI is InChI=1S/C10H17N5/c1-13-9(10(11)14-15-12)7-8-5-3-2-4-6-8/h2-6,9,13,15H,7,12H2,1H3,(H2,11,14). The third-order valence-corrected chi connectivity index (χ3v) is 2.18. The summed E-state index contributed by atoms with van der Waals surface area (Å²) >= 11 is 0. The second-order valence-corrected chi connectivity index (χ2v) is 3.20. The molecule has 1 atom stereocenters. The summed E-state index contributed by atoms with van der Waals surface area (Å²) in [7, 11) is 1.84. The summed E-state index contributed by atoms with van der Waals surface area (Å²) in [6, 6.07) is 10.1. The average Bonchev–Trinajstić information content (AvgIpc) is 2.27. The van der Waals surface area contributed by atoms with E-state index in [4.69, 9.17) is 11.6 Å². The van der Waals surface area contributed by atoms with Gasteiger partial charge < -0.3 is 11.1 Å². The van der Waals surface area contributed by atoms with Crippen LogP contribution >= 0.6 is 0 Å². The van der Waals surface area contributed by atoms with Gasteiger partial charge in [0, 0.05) is 0 Å². The number of hydrazone groups is 1. The van der Waals surface area contributed by atoms with Gasteiger partial charge in [-0.3, -0.25) is 0 Å². The smallest absolute Gasteiger partial charge is 0.138 e. The molecule has 15 heavy (non-hydrogen) atoms. The fourth-order valence-electron chi connectivity index (χ4n) is 1.36. The highest BCUT2D eigenvalue weighted by molar-refractivity contribution is 5.85. The predicted octanol–water partition coefficient (Wildman–Crippen LogP) is -0.447. The molecule has 0 aliphatic heterocycles. The lowest BCUT2D eigenvalue weighted by Crippen LogP contribution is -2.42. The number of hydrazine groups is 1. The quantitative estimate of drug-likeness (QED) is 0.228. The highest BCUT2D eigenvalue weighted by atomic mass is 15.5. The lowest BCUT2D eigenvalue weighted by Gasteiger charge is -2.15. The van der Waals surface area contributed by atoms with Crippen LogP contribution in [0.1, 0.15) is 5.56 Å². The van der Waals surface area contributed by atoms with Gasteiger partial charge in [0.05, 0.1) is 6.04 Å². The van der Waals surface area contributed by atoms with Crippen LogP contribution in [0.15, 0.2) is 35.4 Å². The molecule has 0 saturated heterocycles. The normalized spacial score (nSPS) is 13.6. The molecule has 1 aromatic rings. The molecule has 6 N–H and O–H groups in total.